The van der Waals surface area contributed by atoms with Crippen LogP contribution in [0.1, 0.15) is 19.3 Å². The molecule has 1 unspecified atom stereocenters. The molecular formula is C12H20N4O. The second-order valence-corrected chi connectivity index (χ2v) is 4.68. The van der Waals surface area contributed by atoms with Crippen LogP contribution in [0.3, 0.4) is 0 Å². The van der Waals surface area contributed by atoms with E-state index in [1.54, 1.807) is 0 Å². The first-order valence-corrected chi connectivity index (χ1v) is 6.43. The maximum absolute atomic E-state index is 12.3. The maximum atomic E-state index is 12.3. The van der Waals surface area contributed by atoms with Crippen LogP contribution in [0.25, 0.3) is 0 Å². The molecule has 2 aliphatic heterocycles. The maximum Gasteiger partial charge on any atom is 0.240 e. The standard InChI is InChI=1S/C12H20N4O/c13-4-2-8-15-7-1-3-11(15)12(17)16-9-5-14-6-10-16/h11,14H,1-3,5-10H2. The highest BCUT2D eigenvalue weighted by atomic mass is 16.2. The molecule has 2 heterocycles. The molecule has 0 aromatic heterocycles. The van der Waals surface area contributed by atoms with Gasteiger partial charge in [0.05, 0.1) is 12.1 Å². The molecule has 0 radical (unpaired) electrons. The van der Waals surface area contributed by atoms with Gasteiger partial charge in [0.15, 0.2) is 0 Å². The van der Waals surface area contributed by atoms with Crippen molar-refractivity contribution in [3.8, 4) is 6.07 Å². The number of piperazine rings is 1. The van der Waals surface area contributed by atoms with Crippen molar-refractivity contribution in [2.75, 3.05) is 39.3 Å². The topological polar surface area (TPSA) is 59.4 Å². The Morgan fingerprint density at radius 1 is 1.35 bits per heavy atom. The molecule has 2 saturated heterocycles. The lowest BCUT2D eigenvalue weighted by Crippen LogP contribution is -2.52. The van der Waals surface area contributed by atoms with Crippen LogP contribution >= 0.6 is 0 Å². The molecule has 0 bridgehead atoms. The average molecular weight is 236 g/mol. The van der Waals surface area contributed by atoms with E-state index in [2.05, 4.69) is 16.3 Å². The molecule has 1 amide bonds. The van der Waals surface area contributed by atoms with E-state index in [9.17, 15) is 4.79 Å². The minimum atomic E-state index is 0.0291. The fourth-order valence-corrected chi connectivity index (χ4v) is 2.66. The second-order valence-electron chi connectivity index (χ2n) is 4.68. The molecular weight excluding hydrogens is 216 g/mol. The van der Waals surface area contributed by atoms with Gasteiger partial charge in [-0.25, -0.2) is 0 Å². The second kappa shape index (κ2) is 5.99. The van der Waals surface area contributed by atoms with E-state index in [1.807, 2.05) is 4.90 Å². The Morgan fingerprint density at radius 3 is 2.82 bits per heavy atom. The number of nitrogens with one attached hydrogen (secondary N) is 1. The van der Waals surface area contributed by atoms with E-state index in [0.717, 1.165) is 52.1 Å². The summed E-state index contributed by atoms with van der Waals surface area (Å²) in [5, 5.41) is 11.9. The zero-order chi connectivity index (χ0) is 12.1. The minimum absolute atomic E-state index is 0.0291. The summed E-state index contributed by atoms with van der Waals surface area (Å²) in [6.07, 6.45) is 2.55. The Kier molecular flexibility index (Phi) is 4.35. The number of nitrogens with zero attached hydrogens (tertiary/aromatic N) is 3. The predicted octanol–water partition coefficient (Wildman–Crippen LogP) is -0.204. The highest BCUT2D eigenvalue weighted by Gasteiger charge is 2.33. The van der Waals surface area contributed by atoms with Crippen molar-refractivity contribution < 1.29 is 4.79 Å². The van der Waals surface area contributed by atoms with Crippen LogP contribution in [0, 0.1) is 11.3 Å². The molecule has 0 spiro atoms. The Hall–Kier alpha value is -1.12. The summed E-state index contributed by atoms with van der Waals surface area (Å²) in [5.41, 5.74) is 0. The SMILES string of the molecule is N#CCCN1CCCC1C(=O)N1CCNCC1. The van der Waals surface area contributed by atoms with Crippen LogP contribution in [-0.4, -0.2) is 61.0 Å². The smallest absolute Gasteiger partial charge is 0.240 e. The highest BCUT2D eigenvalue weighted by molar-refractivity contribution is 5.82. The number of hydrogen-bond acceptors (Lipinski definition) is 4. The lowest BCUT2D eigenvalue weighted by molar-refractivity contribution is -0.136. The highest BCUT2D eigenvalue weighted by Crippen LogP contribution is 2.19. The van der Waals surface area contributed by atoms with Gasteiger partial charge in [-0.05, 0) is 19.4 Å². The van der Waals surface area contributed by atoms with Crippen molar-refractivity contribution >= 4 is 5.91 Å². The van der Waals surface area contributed by atoms with Gasteiger partial charge in [-0.2, -0.15) is 5.26 Å². The van der Waals surface area contributed by atoms with Gasteiger partial charge in [0, 0.05) is 39.1 Å². The number of amides is 1. The Bertz CT molecular complexity index is 306. The van der Waals surface area contributed by atoms with E-state index in [1.165, 1.54) is 0 Å². The first-order valence-electron chi connectivity index (χ1n) is 6.43. The molecule has 17 heavy (non-hydrogen) atoms. The van der Waals surface area contributed by atoms with E-state index in [0.29, 0.717) is 6.42 Å². The fourth-order valence-electron chi connectivity index (χ4n) is 2.66. The van der Waals surface area contributed by atoms with Gasteiger partial charge in [0.1, 0.15) is 0 Å². The van der Waals surface area contributed by atoms with Crippen LogP contribution in [0.5, 0.6) is 0 Å². The van der Waals surface area contributed by atoms with Crippen molar-refractivity contribution in [3.63, 3.8) is 0 Å². The zero-order valence-corrected chi connectivity index (χ0v) is 10.2. The number of nitriles is 1. The lowest BCUT2D eigenvalue weighted by Gasteiger charge is -2.32. The minimum Gasteiger partial charge on any atom is -0.339 e. The summed E-state index contributed by atoms with van der Waals surface area (Å²) in [5.74, 6) is 0.266. The molecule has 0 aromatic rings. The monoisotopic (exact) mass is 236 g/mol. The third-order valence-electron chi connectivity index (χ3n) is 3.59. The van der Waals surface area contributed by atoms with Gasteiger partial charge in [-0.1, -0.05) is 0 Å². The zero-order valence-electron chi connectivity index (χ0n) is 10.2. The summed E-state index contributed by atoms with van der Waals surface area (Å²) in [6, 6.07) is 2.19. The molecule has 94 valence electrons. The normalized spacial score (nSPS) is 25.8. The lowest BCUT2D eigenvalue weighted by atomic mass is 10.1. The number of carbonyl (C=O) groups excluding carboxylic acids is 1. The Morgan fingerprint density at radius 2 is 2.12 bits per heavy atom. The summed E-state index contributed by atoms with van der Waals surface area (Å²) in [6.45, 7) is 5.14. The third-order valence-corrected chi connectivity index (χ3v) is 3.59. The Labute approximate surface area is 102 Å². The molecule has 2 aliphatic rings. The van der Waals surface area contributed by atoms with Crippen LogP contribution in [0.4, 0.5) is 0 Å². The first-order chi connectivity index (χ1) is 8.33. The molecule has 2 fully saturated rings. The molecule has 2 rings (SSSR count). The van der Waals surface area contributed by atoms with Gasteiger partial charge < -0.3 is 10.2 Å². The third kappa shape index (κ3) is 2.96. The number of hydrogen-bond donors (Lipinski definition) is 1. The van der Waals surface area contributed by atoms with Crippen LogP contribution in [0.15, 0.2) is 0 Å². The molecule has 5 heteroatoms. The molecule has 0 aliphatic carbocycles. The molecule has 1 N–H and O–H groups in total. The van der Waals surface area contributed by atoms with Crippen molar-refractivity contribution in [2.45, 2.75) is 25.3 Å². The summed E-state index contributed by atoms with van der Waals surface area (Å²) in [4.78, 5) is 16.5. The van der Waals surface area contributed by atoms with Crippen LogP contribution < -0.4 is 5.32 Å². The van der Waals surface area contributed by atoms with Gasteiger partial charge in [0.25, 0.3) is 0 Å². The molecule has 1 atom stereocenters. The predicted molar refractivity (Wildman–Crippen MR) is 64.3 cm³/mol. The van der Waals surface area contributed by atoms with Crippen LogP contribution in [-0.2, 0) is 4.79 Å². The summed E-state index contributed by atoms with van der Waals surface area (Å²) in [7, 11) is 0. The van der Waals surface area contributed by atoms with Gasteiger partial charge in [0.2, 0.25) is 5.91 Å². The number of rotatable bonds is 3. The largest absolute Gasteiger partial charge is 0.339 e. The molecule has 0 aromatic carbocycles. The van der Waals surface area contributed by atoms with E-state index in [-0.39, 0.29) is 11.9 Å². The molecule has 0 saturated carbocycles. The molecule has 5 nitrogen and oxygen atoms in total. The number of likely N-dealkylation sites (tertiary alicyclic amines) is 1. The Balaban J connectivity index is 1.90. The van der Waals surface area contributed by atoms with E-state index in [4.69, 9.17) is 5.26 Å². The summed E-state index contributed by atoms with van der Waals surface area (Å²) >= 11 is 0. The van der Waals surface area contributed by atoms with E-state index < -0.39 is 0 Å². The van der Waals surface area contributed by atoms with Crippen molar-refractivity contribution in [1.82, 2.24) is 15.1 Å². The average Bonchev–Trinajstić information content (AvgIpc) is 2.84. The summed E-state index contributed by atoms with van der Waals surface area (Å²) < 4.78 is 0. The van der Waals surface area contributed by atoms with Crippen molar-refractivity contribution in [3.05, 3.63) is 0 Å². The van der Waals surface area contributed by atoms with Gasteiger partial charge >= 0.3 is 0 Å². The van der Waals surface area contributed by atoms with E-state index >= 15 is 0 Å². The number of carbonyl (C=O) groups is 1. The van der Waals surface area contributed by atoms with Crippen molar-refractivity contribution in [1.29, 1.82) is 5.26 Å². The quantitative estimate of drug-likeness (QED) is 0.737. The van der Waals surface area contributed by atoms with Crippen LogP contribution in [0.2, 0.25) is 0 Å². The first kappa shape index (κ1) is 12.3. The van der Waals surface area contributed by atoms with Gasteiger partial charge in [-0.15, -0.1) is 0 Å². The van der Waals surface area contributed by atoms with Crippen molar-refractivity contribution in [2.24, 2.45) is 0 Å². The van der Waals surface area contributed by atoms with Gasteiger partial charge in [-0.3, -0.25) is 9.69 Å². The fraction of sp³-hybridized carbons (Fsp3) is 0.833.